The highest BCUT2D eigenvalue weighted by molar-refractivity contribution is 5.62. The Morgan fingerprint density at radius 1 is 1.00 bits per heavy atom. The monoisotopic (exact) mass is 282 g/mol. The summed E-state index contributed by atoms with van der Waals surface area (Å²) in [6.45, 7) is 0. The molecule has 0 unspecified atom stereocenters. The van der Waals surface area contributed by atoms with E-state index in [2.05, 4.69) is 9.97 Å². The summed E-state index contributed by atoms with van der Waals surface area (Å²) in [5.74, 6) is -0.252. The minimum Gasteiger partial charge on any atom is -0.505 e. The maximum Gasteiger partial charge on any atom is 0.219 e. The van der Waals surface area contributed by atoms with Crippen LogP contribution in [0.25, 0.3) is 11.3 Å². The lowest BCUT2D eigenvalue weighted by molar-refractivity contribution is 0.433. The van der Waals surface area contributed by atoms with Gasteiger partial charge < -0.3 is 9.84 Å². The Hall–Kier alpha value is -2.95. The van der Waals surface area contributed by atoms with Gasteiger partial charge in [0.1, 0.15) is 5.75 Å². The summed E-state index contributed by atoms with van der Waals surface area (Å²) >= 11 is 0. The number of hydrogen-bond acceptors (Lipinski definition) is 4. The van der Waals surface area contributed by atoms with Crippen LogP contribution < -0.4 is 4.74 Å². The van der Waals surface area contributed by atoms with Gasteiger partial charge in [0, 0.05) is 17.8 Å². The summed E-state index contributed by atoms with van der Waals surface area (Å²) in [4.78, 5) is 8.18. The van der Waals surface area contributed by atoms with Gasteiger partial charge in [-0.25, -0.2) is 9.37 Å². The number of ether oxygens (including phenoxy) is 1. The smallest absolute Gasteiger partial charge is 0.219 e. The lowest BCUT2D eigenvalue weighted by atomic mass is 10.1. The van der Waals surface area contributed by atoms with Crippen LogP contribution in [0.15, 0.2) is 60.9 Å². The second kappa shape index (κ2) is 5.58. The molecule has 0 aliphatic heterocycles. The van der Waals surface area contributed by atoms with Crippen molar-refractivity contribution < 1.29 is 14.2 Å². The zero-order valence-corrected chi connectivity index (χ0v) is 10.9. The van der Waals surface area contributed by atoms with Crippen LogP contribution in [0.2, 0.25) is 0 Å². The van der Waals surface area contributed by atoms with E-state index in [1.807, 2.05) is 0 Å². The summed E-state index contributed by atoms with van der Waals surface area (Å²) < 4.78 is 19.5. The van der Waals surface area contributed by atoms with Crippen molar-refractivity contribution in [3.63, 3.8) is 0 Å². The number of aromatic hydroxyl groups is 1. The summed E-state index contributed by atoms with van der Waals surface area (Å²) in [5.41, 5.74) is 0.594. The van der Waals surface area contributed by atoms with Crippen LogP contribution in [-0.4, -0.2) is 15.1 Å². The summed E-state index contributed by atoms with van der Waals surface area (Å²) in [6, 6.07) is 12.9. The molecule has 0 fully saturated rings. The van der Waals surface area contributed by atoms with Crippen LogP contribution in [0.3, 0.4) is 0 Å². The Morgan fingerprint density at radius 2 is 1.86 bits per heavy atom. The third-order valence-electron chi connectivity index (χ3n) is 2.83. The summed E-state index contributed by atoms with van der Waals surface area (Å²) in [7, 11) is 0. The standard InChI is InChI=1S/C16H11FN2O2/c17-16-12(5-1-7-14(16)20)13-6-2-8-15(19-13)21-11-4-3-9-18-10-11/h1-10,20H. The lowest BCUT2D eigenvalue weighted by Gasteiger charge is -2.07. The SMILES string of the molecule is Oc1cccc(-c2cccc(Oc3cccnc3)n2)c1F. The molecule has 0 spiro atoms. The molecule has 5 heteroatoms. The Morgan fingerprint density at radius 3 is 2.67 bits per heavy atom. The first-order valence-corrected chi connectivity index (χ1v) is 6.27. The van der Waals surface area contributed by atoms with E-state index in [1.54, 1.807) is 54.9 Å². The number of pyridine rings is 2. The molecular weight excluding hydrogens is 271 g/mol. The summed E-state index contributed by atoms with van der Waals surface area (Å²) in [6.07, 6.45) is 3.20. The van der Waals surface area contributed by atoms with Crippen LogP contribution in [-0.2, 0) is 0 Å². The van der Waals surface area contributed by atoms with Gasteiger partial charge in [0.2, 0.25) is 5.88 Å². The molecule has 2 heterocycles. The first-order valence-electron chi connectivity index (χ1n) is 6.27. The molecule has 0 aliphatic rings. The average Bonchev–Trinajstić information content (AvgIpc) is 2.51. The van der Waals surface area contributed by atoms with Crippen LogP contribution in [0.5, 0.6) is 17.4 Å². The molecule has 0 aliphatic carbocycles. The Balaban J connectivity index is 1.95. The van der Waals surface area contributed by atoms with E-state index in [9.17, 15) is 9.50 Å². The van der Waals surface area contributed by atoms with Crippen molar-refractivity contribution in [1.29, 1.82) is 0 Å². The van der Waals surface area contributed by atoms with E-state index >= 15 is 0 Å². The molecule has 0 amide bonds. The van der Waals surface area contributed by atoms with Gasteiger partial charge in [-0.1, -0.05) is 12.1 Å². The van der Waals surface area contributed by atoms with Crippen molar-refractivity contribution >= 4 is 0 Å². The van der Waals surface area contributed by atoms with Gasteiger partial charge >= 0.3 is 0 Å². The number of phenols is 1. The molecule has 0 atom stereocenters. The van der Waals surface area contributed by atoms with Crippen molar-refractivity contribution in [2.24, 2.45) is 0 Å². The third kappa shape index (κ3) is 2.81. The van der Waals surface area contributed by atoms with E-state index in [-0.39, 0.29) is 5.56 Å². The van der Waals surface area contributed by atoms with E-state index in [4.69, 9.17) is 4.74 Å². The molecule has 4 nitrogen and oxygen atoms in total. The third-order valence-corrected chi connectivity index (χ3v) is 2.83. The molecule has 1 aromatic carbocycles. The molecular formula is C16H11FN2O2. The van der Waals surface area contributed by atoms with Crippen molar-refractivity contribution in [1.82, 2.24) is 9.97 Å². The molecule has 1 N–H and O–H groups in total. The van der Waals surface area contributed by atoms with Crippen molar-refractivity contribution in [3.8, 4) is 28.6 Å². The molecule has 3 rings (SSSR count). The maximum absolute atomic E-state index is 13.9. The van der Waals surface area contributed by atoms with Crippen LogP contribution in [0.1, 0.15) is 0 Å². The highest BCUT2D eigenvalue weighted by Gasteiger charge is 2.11. The van der Waals surface area contributed by atoms with Crippen molar-refractivity contribution in [2.75, 3.05) is 0 Å². The molecule has 0 bridgehead atoms. The van der Waals surface area contributed by atoms with Gasteiger partial charge in [0.15, 0.2) is 11.6 Å². The number of phenolic OH excluding ortho intramolecular Hbond substituents is 1. The number of benzene rings is 1. The molecule has 0 radical (unpaired) electrons. The van der Waals surface area contributed by atoms with Crippen LogP contribution in [0.4, 0.5) is 4.39 Å². The quantitative estimate of drug-likeness (QED) is 0.794. The Labute approximate surface area is 120 Å². The highest BCUT2D eigenvalue weighted by atomic mass is 19.1. The topological polar surface area (TPSA) is 55.2 Å². The van der Waals surface area contributed by atoms with Gasteiger partial charge in [-0.15, -0.1) is 0 Å². The number of aromatic nitrogens is 2. The minimum absolute atomic E-state index is 0.214. The van der Waals surface area contributed by atoms with E-state index in [0.29, 0.717) is 17.3 Å². The van der Waals surface area contributed by atoms with Crippen LogP contribution >= 0.6 is 0 Å². The first-order chi connectivity index (χ1) is 10.2. The predicted octanol–water partition coefficient (Wildman–Crippen LogP) is 3.78. The Bertz CT molecular complexity index is 763. The normalized spacial score (nSPS) is 10.3. The zero-order valence-electron chi connectivity index (χ0n) is 10.9. The van der Waals surface area contributed by atoms with E-state index in [0.717, 1.165) is 0 Å². The maximum atomic E-state index is 13.9. The fourth-order valence-corrected chi connectivity index (χ4v) is 1.87. The first kappa shape index (κ1) is 13.1. The van der Waals surface area contributed by atoms with Crippen molar-refractivity contribution in [2.45, 2.75) is 0 Å². The number of hydrogen-bond donors (Lipinski definition) is 1. The van der Waals surface area contributed by atoms with Gasteiger partial charge in [-0.2, -0.15) is 0 Å². The zero-order chi connectivity index (χ0) is 14.7. The highest BCUT2D eigenvalue weighted by Crippen LogP contribution is 2.28. The number of halogens is 1. The van der Waals surface area contributed by atoms with E-state index < -0.39 is 11.6 Å². The van der Waals surface area contributed by atoms with Gasteiger partial charge in [-0.3, -0.25) is 4.98 Å². The summed E-state index contributed by atoms with van der Waals surface area (Å²) in [5, 5.41) is 9.42. The molecule has 0 saturated heterocycles. The Kier molecular flexibility index (Phi) is 3.47. The molecule has 21 heavy (non-hydrogen) atoms. The second-order valence-corrected chi connectivity index (χ2v) is 4.29. The lowest BCUT2D eigenvalue weighted by Crippen LogP contribution is -1.92. The fraction of sp³-hybridized carbons (Fsp3) is 0. The van der Waals surface area contributed by atoms with Gasteiger partial charge in [0.25, 0.3) is 0 Å². The van der Waals surface area contributed by atoms with Gasteiger partial charge in [0.05, 0.1) is 11.9 Å². The fourth-order valence-electron chi connectivity index (χ4n) is 1.87. The molecule has 3 aromatic rings. The average molecular weight is 282 g/mol. The largest absolute Gasteiger partial charge is 0.505 e. The minimum atomic E-state index is -0.705. The molecule has 104 valence electrons. The van der Waals surface area contributed by atoms with Crippen LogP contribution in [0, 0.1) is 5.82 Å². The molecule has 0 saturated carbocycles. The molecule has 2 aromatic heterocycles. The predicted molar refractivity (Wildman–Crippen MR) is 75.6 cm³/mol. The van der Waals surface area contributed by atoms with Gasteiger partial charge in [-0.05, 0) is 30.3 Å². The van der Waals surface area contributed by atoms with E-state index in [1.165, 1.54) is 6.07 Å². The second-order valence-electron chi connectivity index (χ2n) is 4.29. The number of nitrogens with zero attached hydrogens (tertiary/aromatic N) is 2. The van der Waals surface area contributed by atoms with Crippen molar-refractivity contribution in [3.05, 3.63) is 66.7 Å². The number of rotatable bonds is 3.